The van der Waals surface area contributed by atoms with Crippen molar-refractivity contribution in [3.63, 3.8) is 0 Å². The van der Waals surface area contributed by atoms with Crippen LogP contribution in [-0.4, -0.2) is 36.9 Å². The third-order valence-corrected chi connectivity index (χ3v) is 5.60. The first kappa shape index (κ1) is 20.9. The van der Waals surface area contributed by atoms with Gasteiger partial charge >= 0.3 is 0 Å². The average molecular weight is 395 g/mol. The highest BCUT2D eigenvalue weighted by Gasteiger charge is 2.34. The standard InChI is InChI=1S/C24H30N2O3/c1-16(2)20-10-7-8-17(3)23(20)25-24(28)19-14-22(27)26(15-19)13-12-18-9-5-6-11-21(18)29-4/h5-11,16,19H,12-15H2,1-4H3,(H,25,28). The Kier molecular flexibility index (Phi) is 6.57. The van der Waals surface area contributed by atoms with Crippen LogP contribution in [0.25, 0.3) is 0 Å². The Morgan fingerprint density at radius 2 is 1.97 bits per heavy atom. The van der Waals surface area contributed by atoms with Gasteiger partial charge in [0.15, 0.2) is 0 Å². The van der Waals surface area contributed by atoms with Gasteiger partial charge in [-0.2, -0.15) is 0 Å². The Morgan fingerprint density at radius 1 is 1.21 bits per heavy atom. The minimum atomic E-state index is -0.320. The molecule has 1 fully saturated rings. The molecule has 2 aromatic carbocycles. The maximum Gasteiger partial charge on any atom is 0.229 e. The molecule has 2 amide bonds. The van der Waals surface area contributed by atoms with Crippen molar-refractivity contribution >= 4 is 17.5 Å². The van der Waals surface area contributed by atoms with E-state index in [1.807, 2.05) is 49.4 Å². The Labute approximate surface area is 173 Å². The molecule has 5 nitrogen and oxygen atoms in total. The lowest BCUT2D eigenvalue weighted by atomic mass is 9.97. The van der Waals surface area contributed by atoms with Gasteiger partial charge in [0.25, 0.3) is 0 Å². The molecule has 1 N–H and O–H groups in total. The van der Waals surface area contributed by atoms with Crippen LogP contribution in [0.15, 0.2) is 42.5 Å². The molecule has 0 aromatic heterocycles. The number of rotatable bonds is 7. The summed E-state index contributed by atoms with van der Waals surface area (Å²) in [4.78, 5) is 27.2. The number of nitrogens with one attached hydrogen (secondary N) is 1. The summed E-state index contributed by atoms with van der Waals surface area (Å²) in [5, 5.41) is 3.10. The molecule has 154 valence electrons. The number of hydrogen-bond acceptors (Lipinski definition) is 3. The maximum absolute atomic E-state index is 12.9. The second-order valence-electron chi connectivity index (χ2n) is 7.99. The van der Waals surface area contributed by atoms with Gasteiger partial charge in [0.1, 0.15) is 5.75 Å². The molecule has 1 atom stereocenters. The predicted octanol–water partition coefficient (Wildman–Crippen LogP) is 4.16. The molecule has 2 aromatic rings. The first-order chi connectivity index (χ1) is 13.9. The highest BCUT2D eigenvalue weighted by molar-refractivity contribution is 5.98. The maximum atomic E-state index is 12.9. The topological polar surface area (TPSA) is 58.6 Å². The van der Waals surface area contributed by atoms with E-state index in [0.29, 0.717) is 25.4 Å². The molecule has 1 unspecified atom stereocenters. The third kappa shape index (κ3) is 4.78. The lowest BCUT2D eigenvalue weighted by Gasteiger charge is -2.19. The number of aryl methyl sites for hydroxylation is 1. The molecule has 1 aliphatic rings. The van der Waals surface area contributed by atoms with Crippen molar-refractivity contribution in [1.82, 2.24) is 4.90 Å². The molecule has 0 bridgehead atoms. The summed E-state index contributed by atoms with van der Waals surface area (Å²) in [5.74, 6) is 0.782. The number of nitrogens with zero attached hydrogens (tertiary/aromatic N) is 1. The number of carbonyl (C=O) groups is 2. The molecule has 0 radical (unpaired) electrons. The number of anilines is 1. The normalized spacial score (nSPS) is 16.4. The second-order valence-corrected chi connectivity index (χ2v) is 7.99. The van der Waals surface area contributed by atoms with Crippen molar-refractivity contribution in [2.45, 2.75) is 39.5 Å². The molecule has 1 heterocycles. The molecule has 5 heteroatoms. The van der Waals surface area contributed by atoms with Gasteiger partial charge in [0, 0.05) is 25.2 Å². The quantitative estimate of drug-likeness (QED) is 0.767. The number of methoxy groups -OCH3 is 1. The fourth-order valence-electron chi connectivity index (χ4n) is 3.90. The van der Waals surface area contributed by atoms with E-state index in [9.17, 15) is 9.59 Å². The van der Waals surface area contributed by atoms with Crippen LogP contribution < -0.4 is 10.1 Å². The van der Waals surface area contributed by atoms with Gasteiger partial charge in [-0.25, -0.2) is 0 Å². The number of benzene rings is 2. The van der Waals surface area contributed by atoms with Gasteiger partial charge in [0.05, 0.1) is 13.0 Å². The highest BCUT2D eigenvalue weighted by Crippen LogP contribution is 2.29. The molecule has 3 rings (SSSR count). The van der Waals surface area contributed by atoms with Crippen molar-refractivity contribution in [1.29, 1.82) is 0 Å². The highest BCUT2D eigenvalue weighted by atomic mass is 16.5. The van der Waals surface area contributed by atoms with E-state index in [0.717, 1.165) is 28.1 Å². The van der Waals surface area contributed by atoms with Crippen LogP contribution in [-0.2, 0) is 16.0 Å². The lowest BCUT2D eigenvalue weighted by molar-refractivity contribution is -0.128. The largest absolute Gasteiger partial charge is 0.496 e. The van der Waals surface area contributed by atoms with Crippen molar-refractivity contribution < 1.29 is 14.3 Å². The van der Waals surface area contributed by atoms with Crippen LogP contribution in [0, 0.1) is 12.8 Å². The van der Waals surface area contributed by atoms with E-state index >= 15 is 0 Å². The van der Waals surface area contributed by atoms with E-state index in [1.165, 1.54) is 0 Å². The van der Waals surface area contributed by atoms with Crippen molar-refractivity contribution in [3.8, 4) is 5.75 Å². The van der Waals surface area contributed by atoms with Gasteiger partial charge in [-0.3, -0.25) is 9.59 Å². The summed E-state index contributed by atoms with van der Waals surface area (Å²) in [7, 11) is 1.65. The number of carbonyl (C=O) groups excluding carboxylic acids is 2. The van der Waals surface area contributed by atoms with Crippen LogP contribution in [0.4, 0.5) is 5.69 Å². The van der Waals surface area contributed by atoms with E-state index < -0.39 is 0 Å². The molecule has 29 heavy (non-hydrogen) atoms. The molecule has 0 spiro atoms. The van der Waals surface area contributed by atoms with Crippen molar-refractivity contribution in [3.05, 3.63) is 59.2 Å². The minimum absolute atomic E-state index is 0.0360. The van der Waals surface area contributed by atoms with Gasteiger partial charge in [-0.1, -0.05) is 50.2 Å². The summed E-state index contributed by atoms with van der Waals surface area (Å²) in [6, 6.07) is 13.9. The third-order valence-electron chi connectivity index (χ3n) is 5.60. The Hall–Kier alpha value is -2.82. The van der Waals surface area contributed by atoms with Gasteiger partial charge in [-0.05, 0) is 42.0 Å². The summed E-state index contributed by atoms with van der Waals surface area (Å²) < 4.78 is 5.39. The number of para-hydroxylation sites is 2. The lowest BCUT2D eigenvalue weighted by Crippen LogP contribution is -2.30. The predicted molar refractivity (Wildman–Crippen MR) is 115 cm³/mol. The molecule has 1 saturated heterocycles. The first-order valence-electron chi connectivity index (χ1n) is 10.2. The fourth-order valence-corrected chi connectivity index (χ4v) is 3.90. The van der Waals surface area contributed by atoms with Crippen LogP contribution >= 0.6 is 0 Å². The Morgan fingerprint density at radius 3 is 2.69 bits per heavy atom. The van der Waals surface area contributed by atoms with Crippen molar-refractivity contribution in [2.24, 2.45) is 5.92 Å². The minimum Gasteiger partial charge on any atom is -0.496 e. The van der Waals surface area contributed by atoms with Gasteiger partial charge < -0.3 is 15.0 Å². The van der Waals surface area contributed by atoms with E-state index in [2.05, 4.69) is 19.2 Å². The number of ether oxygens (including phenoxy) is 1. The van der Waals surface area contributed by atoms with E-state index in [-0.39, 0.29) is 24.2 Å². The van der Waals surface area contributed by atoms with E-state index in [1.54, 1.807) is 12.0 Å². The van der Waals surface area contributed by atoms with Crippen LogP contribution in [0.1, 0.15) is 42.9 Å². The van der Waals surface area contributed by atoms with Gasteiger partial charge in [-0.15, -0.1) is 0 Å². The number of hydrogen-bond donors (Lipinski definition) is 1. The second kappa shape index (κ2) is 9.12. The smallest absolute Gasteiger partial charge is 0.229 e. The number of amides is 2. The van der Waals surface area contributed by atoms with Crippen LogP contribution in [0.5, 0.6) is 5.75 Å². The fraction of sp³-hybridized carbons (Fsp3) is 0.417. The zero-order valence-electron chi connectivity index (χ0n) is 17.7. The van der Waals surface area contributed by atoms with Crippen LogP contribution in [0.2, 0.25) is 0 Å². The summed E-state index contributed by atoms with van der Waals surface area (Å²) in [6.45, 7) is 7.28. The van der Waals surface area contributed by atoms with E-state index in [4.69, 9.17) is 4.74 Å². The van der Waals surface area contributed by atoms with Crippen LogP contribution in [0.3, 0.4) is 0 Å². The molecule has 0 aliphatic carbocycles. The summed E-state index contributed by atoms with van der Waals surface area (Å²) in [5.41, 5.74) is 4.11. The summed E-state index contributed by atoms with van der Waals surface area (Å²) in [6.07, 6.45) is 0.972. The number of likely N-dealkylation sites (tertiary alicyclic amines) is 1. The molecular formula is C24H30N2O3. The Balaban J connectivity index is 1.64. The summed E-state index contributed by atoms with van der Waals surface area (Å²) >= 11 is 0. The molecule has 1 aliphatic heterocycles. The molecule has 0 saturated carbocycles. The zero-order chi connectivity index (χ0) is 21.0. The Bertz CT molecular complexity index is 891. The zero-order valence-corrected chi connectivity index (χ0v) is 17.7. The SMILES string of the molecule is COc1ccccc1CCN1CC(C(=O)Nc2c(C)cccc2C(C)C)CC1=O. The van der Waals surface area contributed by atoms with Crippen molar-refractivity contribution in [2.75, 3.05) is 25.5 Å². The molecular weight excluding hydrogens is 364 g/mol. The average Bonchev–Trinajstić information content (AvgIpc) is 3.08. The van der Waals surface area contributed by atoms with Gasteiger partial charge in [0.2, 0.25) is 11.8 Å². The monoisotopic (exact) mass is 394 g/mol. The first-order valence-corrected chi connectivity index (χ1v) is 10.2.